The maximum Gasteiger partial charge on any atom is 0.224 e. The summed E-state index contributed by atoms with van der Waals surface area (Å²) in [6.45, 7) is 5.47. The highest BCUT2D eigenvalue weighted by Gasteiger charge is 2.61. The molecule has 3 N–H and O–H groups in total. The number of aliphatic hydroxyl groups excluding tert-OH is 1. The number of rotatable bonds is 49. The number of unbranched alkanes of at least 4 members (excludes halogenated alkanes) is 36. The van der Waals surface area contributed by atoms with Crippen molar-refractivity contribution in [3.8, 4) is 0 Å². The second-order valence-electron chi connectivity index (χ2n) is 18.8. The Kier molecular flexibility index (Phi) is 43.5. The third-order valence-electron chi connectivity index (χ3n) is 12.9. The highest BCUT2D eigenvalue weighted by atomic mass is 16.4. The first-order valence-corrected chi connectivity index (χ1v) is 27.1. The van der Waals surface area contributed by atoms with Gasteiger partial charge >= 0.3 is 0 Å². The van der Waals surface area contributed by atoms with Crippen LogP contribution in [0.4, 0.5) is 0 Å². The Morgan fingerprint density at radius 1 is 0.365 bits per heavy atom. The Morgan fingerprint density at radius 2 is 0.635 bits per heavy atom. The molecule has 0 aromatic rings. The summed E-state index contributed by atoms with van der Waals surface area (Å²) in [7, 11) is 0. The van der Waals surface area contributed by atoms with Crippen LogP contribution in [0.2, 0.25) is 0 Å². The van der Waals surface area contributed by atoms with Gasteiger partial charge in [-0.15, -0.1) is 0 Å². The van der Waals surface area contributed by atoms with Gasteiger partial charge in [0.15, 0.2) is 23.0 Å². The van der Waals surface area contributed by atoms with E-state index in [4.69, 9.17) is 0 Å². The van der Waals surface area contributed by atoms with Crippen molar-refractivity contribution in [3.05, 3.63) is 48.6 Å². The van der Waals surface area contributed by atoms with E-state index < -0.39 is 35.2 Å². The molecule has 0 saturated carbocycles. The Bertz CT molecular complexity index is 1190. The van der Waals surface area contributed by atoms with E-state index >= 15 is 0 Å². The maximum absolute atomic E-state index is 13.7. The number of hydrogen-bond acceptors (Lipinski definition) is 6. The minimum Gasteiger partial charge on any atom is -0.393 e. The molecule has 6 heteroatoms. The molecular formula is C57H102O6. The summed E-state index contributed by atoms with van der Waals surface area (Å²) in [4.78, 5) is 40.9. The molecule has 2 atom stereocenters. The molecule has 0 rings (SSSR count). The van der Waals surface area contributed by atoms with Gasteiger partial charge in [-0.1, -0.05) is 276 Å². The van der Waals surface area contributed by atoms with Crippen LogP contribution in [0.5, 0.6) is 0 Å². The van der Waals surface area contributed by atoms with Crippen LogP contribution in [-0.2, 0) is 14.4 Å². The smallest absolute Gasteiger partial charge is 0.224 e. The minimum absolute atomic E-state index is 0.179. The van der Waals surface area contributed by atoms with Crippen LogP contribution in [0.15, 0.2) is 48.6 Å². The van der Waals surface area contributed by atoms with Crippen LogP contribution in [-0.4, -0.2) is 50.5 Å². The molecule has 0 spiro atoms. The molecule has 63 heavy (non-hydrogen) atoms. The molecule has 0 heterocycles. The van der Waals surface area contributed by atoms with Crippen molar-refractivity contribution in [1.29, 1.82) is 0 Å². The lowest BCUT2D eigenvalue weighted by atomic mass is 9.72. The third kappa shape index (κ3) is 32.2. The van der Waals surface area contributed by atoms with Gasteiger partial charge in [-0.2, -0.15) is 0 Å². The Morgan fingerprint density at radius 3 is 0.937 bits per heavy atom. The molecule has 0 bridgehead atoms. The Balaban J connectivity index is 5.11. The molecule has 1 unspecified atom stereocenters. The van der Waals surface area contributed by atoms with Gasteiger partial charge in [0.05, 0.1) is 6.61 Å². The average molecular weight is 883 g/mol. The fourth-order valence-corrected chi connectivity index (χ4v) is 8.53. The summed E-state index contributed by atoms with van der Waals surface area (Å²) in [5.41, 5.74) is -6.13. The summed E-state index contributed by atoms with van der Waals surface area (Å²) in [6.07, 6.45) is 59.1. The van der Waals surface area contributed by atoms with Gasteiger partial charge < -0.3 is 15.3 Å². The van der Waals surface area contributed by atoms with E-state index in [-0.39, 0.29) is 6.42 Å². The van der Waals surface area contributed by atoms with Gasteiger partial charge in [-0.3, -0.25) is 14.4 Å². The first-order chi connectivity index (χ1) is 30.8. The Labute approximate surface area is 389 Å². The lowest BCUT2D eigenvalue weighted by molar-refractivity contribution is -0.189. The normalized spacial score (nSPS) is 14.1. The van der Waals surface area contributed by atoms with Crippen LogP contribution in [0, 0.1) is 0 Å². The van der Waals surface area contributed by atoms with Gasteiger partial charge in [-0.25, -0.2) is 0 Å². The summed E-state index contributed by atoms with van der Waals surface area (Å²) in [5, 5.41) is 33.8. The van der Waals surface area contributed by atoms with Crippen LogP contribution >= 0.6 is 0 Å². The second-order valence-corrected chi connectivity index (χ2v) is 18.8. The minimum atomic E-state index is -3.11. The number of aliphatic hydroxyl groups is 3. The van der Waals surface area contributed by atoms with Crippen molar-refractivity contribution >= 4 is 17.3 Å². The number of carbonyl (C=O) groups is 3. The number of allylic oxidation sites excluding steroid dienone is 6. The molecule has 0 aromatic carbocycles. The molecule has 0 amide bonds. The summed E-state index contributed by atoms with van der Waals surface area (Å²) in [6, 6.07) is 0. The van der Waals surface area contributed by atoms with Crippen LogP contribution < -0.4 is 0 Å². The molecule has 366 valence electrons. The number of carbonyl (C=O) groups excluding carboxylic acids is 3. The molecule has 6 nitrogen and oxygen atoms in total. The number of ketones is 3. The molecule has 0 fully saturated rings. The van der Waals surface area contributed by atoms with E-state index in [1.54, 1.807) is 12.2 Å². The molecule has 0 aromatic heterocycles. The molecule has 0 aliphatic rings. The van der Waals surface area contributed by atoms with Crippen molar-refractivity contribution in [1.82, 2.24) is 0 Å². The summed E-state index contributed by atoms with van der Waals surface area (Å²) >= 11 is 0. The first-order valence-electron chi connectivity index (χ1n) is 27.1. The summed E-state index contributed by atoms with van der Waals surface area (Å²) in [5.74, 6) is -3.12. The number of hydrogen-bond donors (Lipinski definition) is 3. The zero-order valence-electron chi connectivity index (χ0n) is 41.7. The molecule has 0 saturated heterocycles. The molecular weight excluding hydrogens is 781 g/mol. The van der Waals surface area contributed by atoms with Gasteiger partial charge in [-0.05, 0) is 44.3 Å². The Hall–Kier alpha value is -2.15. The van der Waals surface area contributed by atoms with Crippen LogP contribution in [0.3, 0.4) is 0 Å². The van der Waals surface area contributed by atoms with Crippen molar-refractivity contribution in [2.45, 2.75) is 289 Å². The van der Waals surface area contributed by atoms with E-state index in [1.165, 1.54) is 192 Å². The number of Topliss-reactive ketones (excluding diaryl/α,β-unsaturated/α-hetero) is 1. The van der Waals surface area contributed by atoms with Gasteiger partial charge in [0.1, 0.15) is 0 Å². The second kappa shape index (κ2) is 45.0. The fraction of sp³-hybridized carbons (Fsp3) is 0.807. The average Bonchev–Trinajstić information content (AvgIpc) is 3.29. The van der Waals surface area contributed by atoms with E-state index in [1.807, 2.05) is 12.2 Å². The van der Waals surface area contributed by atoms with Crippen molar-refractivity contribution in [2.75, 3.05) is 6.61 Å². The van der Waals surface area contributed by atoms with E-state index in [0.29, 0.717) is 6.42 Å². The van der Waals surface area contributed by atoms with Crippen LogP contribution in [0.1, 0.15) is 278 Å². The van der Waals surface area contributed by atoms with E-state index in [2.05, 4.69) is 20.8 Å². The van der Waals surface area contributed by atoms with Crippen molar-refractivity contribution < 1.29 is 29.7 Å². The zero-order valence-corrected chi connectivity index (χ0v) is 41.7. The lowest BCUT2D eigenvalue weighted by Gasteiger charge is -2.37. The van der Waals surface area contributed by atoms with E-state index in [0.717, 1.165) is 76.4 Å². The SMILES string of the molecule is CCCCCCCCCCCCC=CC=CC(=O)C(O)(C(=O)CCCCCCCCCCCCCCCCCCC)[C@@](O)(CO)C(=O)C=CC=CCCCCCCCCCCCC. The van der Waals surface area contributed by atoms with Crippen LogP contribution in [0.25, 0.3) is 0 Å². The molecule has 0 radical (unpaired) electrons. The monoisotopic (exact) mass is 883 g/mol. The van der Waals surface area contributed by atoms with E-state index in [9.17, 15) is 29.7 Å². The molecule has 0 aliphatic carbocycles. The third-order valence-corrected chi connectivity index (χ3v) is 12.9. The highest BCUT2D eigenvalue weighted by Crippen LogP contribution is 2.30. The van der Waals surface area contributed by atoms with Gasteiger partial charge in [0.2, 0.25) is 5.60 Å². The summed E-state index contributed by atoms with van der Waals surface area (Å²) < 4.78 is 0. The van der Waals surface area contributed by atoms with Gasteiger partial charge in [0.25, 0.3) is 0 Å². The van der Waals surface area contributed by atoms with Gasteiger partial charge in [0, 0.05) is 6.42 Å². The largest absolute Gasteiger partial charge is 0.393 e. The lowest BCUT2D eigenvalue weighted by Crippen LogP contribution is -2.69. The van der Waals surface area contributed by atoms with Crippen molar-refractivity contribution in [3.63, 3.8) is 0 Å². The maximum atomic E-state index is 13.7. The highest BCUT2D eigenvalue weighted by molar-refractivity contribution is 6.21. The topological polar surface area (TPSA) is 112 Å². The zero-order chi connectivity index (χ0) is 46.4. The predicted molar refractivity (Wildman–Crippen MR) is 270 cm³/mol. The first kappa shape index (κ1) is 60.9. The van der Waals surface area contributed by atoms with Crippen molar-refractivity contribution in [2.24, 2.45) is 0 Å². The molecule has 0 aliphatic heterocycles. The standard InChI is InChI=1S/C57H102O6/c1-4-7-10-13-16-19-22-25-28-29-30-33-36-39-42-45-48-51-55(61)57(63,54(60)50-47-44-41-38-35-32-27-24-21-18-15-12-9-6-3)56(62,52-58)53(59)49-46-43-40-37-34-31-26-23-20-17-14-11-8-5-2/h40-41,43-44,46-47,49-50,58,62-63H,4-39,42,45,48,51-52H2,1-3H3/t56-,57?/m1/s1. The quantitative estimate of drug-likeness (QED) is 0.0243. The predicted octanol–water partition coefficient (Wildman–Crippen LogP) is 16.0. The fourth-order valence-electron chi connectivity index (χ4n) is 8.53.